The Morgan fingerprint density at radius 2 is 1.83 bits per heavy atom. The summed E-state index contributed by atoms with van der Waals surface area (Å²) in [7, 11) is 1.54. The maximum absolute atomic E-state index is 13.6. The van der Waals surface area contributed by atoms with Gasteiger partial charge in [-0.15, -0.1) is 0 Å². The molecule has 7 nitrogen and oxygen atoms in total. The molecule has 1 aliphatic rings. The van der Waals surface area contributed by atoms with Crippen LogP contribution in [0.2, 0.25) is 0 Å². The second kappa shape index (κ2) is 11.3. The van der Waals surface area contributed by atoms with E-state index in [1.807, 2.05) is 67.6 Å². The smallest absolute Gasteiger partial charge is 0.338 e. The Balaban J connectivity index is 1.83. The number of carbonyl (C=O) groups is 1. The SMILES string of the molecule is CCCOc1ccc([C@H]2C(C(=O)OCCOC)=C(C)N=c3s/c(=C/c4ccccc4)c(=O)n32)cc1. The van der Waals surface area contributed by atoms with Crippen molar-refractivity contribution < 1.29 is 19.0 Å². The normalized spacial score (nSPS) is 15.5. The van der Waals surface area contributed by atoms with Crippen molar-refractivity contribution in [3.05, 3.63) is 96.7 Å². The number of carbonyl (C=O) groups excluding carboxylic acids is 1. The molecule has 0 fully saturated rings. The molecule has 0 spiro atoms. The molecule has 0 radical (unpaired) electrons. The highest BCUT2D eigenvalue weighted by Crippen LogP contribution is 2.31. The Morgan fingerprint density at radius 3 is 2.51 bits per heavy atom. The number of fused-ring (bicyclic) bond motifs is 1. The molecule has 35 heavy (non-hydrogen) atoms. The summed E-state index contributed by atoms with van der Waals surface area (Å²) >= 11 is 1.31. The van der Waals surface area contributed by atoms with Gasteiger partial charge in [0.05, 0.1) is 35.1 Å². The standard InChI is InChI=1S/C27H28N2O5S/c1-4-14-33-21-12-10-20(11-13-21)24-23(26(31)34-16-15-32-3)18(2)28-27-29(24)25(30)22(35-27)17-19-8-6-5-7-9-19/h5-13,17,24H,4,14-16H2,1-3H3/b22-17+/t24-/m0/s1. The van der Waals surface area contributed by atoms with Crippen molar-refractivity contribution in [2.24, 2.45) is 4.99 Å². The van der Waals surface area contributed by atoms with Crippen molar-refractivity contribution in [2.75, 3.05) is 26.9 Å². The summed E-state index contributed by atoms with van der Waals surface area (Å²) in [5.41, 5.74) is 2.35. The van der Waals surface area contributed by atoms with Gasteiger partial charge in [0, 0.05) is 7.11 Å². The van der Waals surface area contributed by atoms with Crippen LogP contribution < -0.4 is 19.6 Å². The lowest BCUT2D eigenvalue weighted by molar-refractivity contribution is -0.140. The van der Waals surface area contributed by atoms with E-state index in [4.69, 9.17) is 14.2 Å². The van der Waals surface area contributed by atoms with Crippen molar-refractivity contribution in [1.82, 2.24) is 4.57 Å². The Bertz CT molecular complexity index is 1390. The zero-order chi connectivity index (χ0) is 24.8. The van der Waals surface area contributed by atoms with Crippen LogP contribution in [0.15, 0.2) is 75.7 Å². The van der Waals surface area contributed by atoms with E-state index in [-0.39, 0.29) is 18.8 Å². The Hall–Kier alpha value is -3.49. The summed E-state index contributed by atoms with van der Waals surface area (Å²) in [5.74, 6) is 0.217. The molecule has 2 heterocycles. The number of hydrogen-bond acceptors (Lipinski definition) is 7. The number of aromatic nitrogens is 1. The fraction of sp³-hybridized carbons (Fsp3) is 0.296. The van der Waals surface area contributed by atoms with Gasteiger partial charge in [-0.05, 0) is 42.7 Å². The molecule has 0 unspecified atom stereocenters. The minimum absolute atomic E-state index is 0.112. The lowest BCUT2D eigenvalue weighted by Gasteiger charge is -2.25. The first kappa shape index (κ1) is 24.6. The minimum Gasteiger partial charge on any atom is -0.494 e. The van der Waals surface area contributed by atoms with Gasteiger partial charge in [0.25, 0.3) is 5.56 Å². The highest BCUT2D eigenvalue weighted by Gasteiger charge is 2.33. The van der Waals surface area contributed by atoms with E-state index in [1.165, 1.54) is 11.3 Å². The van der Waals surface area contributed by atoms with Crippen molar-refractivity contribution in [1.29, 1.82) is 0 Å². The first-order valence-corrected chi connectivity index (χ1v) is 12.3. The molecule has 1 aromatic heterocycles. The molecule has 182 valence electrons. The van der Waals surface area contributed by atoms with Crippen LogP contribution in [-0.2, 0) is 14.3 Å². The topological polar surface area (TPSA) is 79.1 Å². The van der Waals surface area contributed by atoms with Gasteiger partial charge in [-0.25, -0.2) is 9.79 Å². The number of benzene rings is 2. The van der Waals surface area contributed by atoms with Gasteiger partial charge in [0.2, 0.25) is 0 Å². The van der Waals surface area contributed by atoms with Crippen LogP contribution in [0, 0.1) is 0 Å². The summed E-state index contributed by atoms with van der Waals surface area (Å²) in [6.45, 7) is 4.82. The lowest BCUT2D eigenvalue weighted by atomic mass is 9.96. The number of nitrogens with zero attached hydrogens (tertiary/aromatic N) is 2. The first-order valence-electron chi connectivity index (χ1n) is 11.5. The largest absolute Gasteiger partial charge is 0.494 e. The highest BCUT2D eigenvalue weighted by atomic mass is 32.1. The first-order chi connectivity index (χ1) is 17.0. The van der Waals surface area contributed by atoms with Crippen molar-refractivity contribution >= 4 is 23.4 Å². The van der Waals surface area contributed by atoms with Crippen LogP contribution in [-0.4, -0.2) is 37.5 Å². The van der Waals surface area contributed by atoms with E-state index in [0.717, 1.165) is 23.3 Å². The van der Waals surface area contributed by atoms with Crippen LogP contribution in [0.3, 0.4) is 0 Å². The zero-order valence-electron chi connectivity index (χ0n) is 20.0. The second-order valence-electron chi connectivity index (χ2n) is 8.04. The molecule has 0 bridgehead atoms. The molecular weight excluding hydrogens is 464 g/mol. The molecule has 8 heteroatoms. The van der Waals surface area contributed by atoms with Crippen LogP contribution in [0.4, 0.5) is 0 Å². The number of esters is 1. The van der Waals surface area contributed by atoms with Gasteiger partial charge in [-0.2, -0.15) is 0 Å². The van der Waals surface area contributed by atoms with Crippen LogP contribution in [0.1, 0.15) is 37.4 Å². The molecular formula is C27H28N2O5S. The van der Waals surface area contributed by atoms with E-state index in [2.05, 4.69) is 4.99 Å². The van der Waals surface area contributed by atoms with Crippen molar-refractivity contribution in [3.8, 4) is 5.75 Å². The fourth-order valence-corrected chi connectivity index (χ4v) is 4.91. The summed E-state index contributed by atoms with van der Waals surface area (Å²) < 4.78 is 18.3. The van der Waals surface area contributed by atoms with Gasteiger partial charge in [-0.1, -0.05) is 60.7 Å². The average Bonchev–Trinajstić information content (AvgIpc) is 3.17. The minimum atomic E-state index is -0.667. The zero-order valence-corrected chi connectivity index (χ0v) is 20.8. The summed E-state index contributed by atoms with van der Waals surface area (Å²) in [6.07, 6.45) is 2.75. The van der Waals surface area contributed by atoms with Gasteiger partial charge in [0.1, 0.15) is 12.4 Å². The summed E-state index contributed by atoms with van der Waals surface area (Å²) in [4.78, 5) is 31.9. The number of ether oxygens (including phenoxy) is 3. The number of hydrogen-bond donors (Lipinski definition) is 0. The predicted molar refractivity (Wildman–Crippen MR) is 135 cm³/mol. The van der Waals surface area contributed by atoms with Gasteiger partial charge in [-0.3, -0.25) is 9.36 Å². The predicted octanol–water partition coefficient (Wildman–Crippen LogP) is 3.21. The molecule has 0 saturated carbocycles. The molecule has 4 rings (SSSR count). The maximum atomic E-state index is 13.6. The molecule has 0 saturated heterocycles. The molecule has 0 aliphatic carbocycles. The third-order valence-electron chi connectivity index (χ3n) is 5.53. The molecule has 1 aliphatic heterocycles. The Labute approximate surface area is 207 Å². The van der Waals surface area contributed by atoms with Crippen molar-refractivity contribution in [2.45, 2.75) is 26.3 Å². The average molecular weight is 493 g/mol. The van der Waals surface area contributed by atoms with Gasteiger partial charge >= 0.3 is 5.97 Å². The maximum Gasteiger partial charge on any atom is 0.338 e. The molecule has 0 N–H and O–H groups in total. The van der Waals surface area contributed by atoms with Crippen LogP contribution >= 0.6 is 11.3 Å². The third-order valence-corrected chi connectivity index (χ3v) is 6.51. The number of methoxy groups -OCH3 is 1. The summed E-state index contributed by atoms with van der Waals surface area (Å²) in [6, 6.07) is 16.5. The monoisotopic (exact) mass is 492 g/mol. The molecule has 3 aromatic rings. The van der Waals surface area contributed by atoms with E-state index in [9.17, 15) is 9.59 Å². The fourth-order valence-electron chi connectivity index (χ4n) is 3.86. The van der Waals surface area contributed by atoms with E-state index in [0.29, 0.717) is 27.2 Å². The van der Waals surface area contributed by atoms with E-state index < -0.39 is 12.0 Å². The Morgan fingerprint density at radius 1 is 1.09 bits per heavy atom. The highest BCUT2D eigenvalue weighted by molar-refractivity contribution is 7.07. The molecule has 2 aromatic carbocycles. The quantitative estimate of drug-likeness (QED) is 0.339. The second-order valence-corrected chi connectivity index (χ2v) is 9.05. The number of rotatable bonds is 9. The van der Waals surface area contributed by atoms with Gasteiger partial charge in [0.15, 0.2) is 4.80 Å². The van der Waals surface area contributed by atoms with Crippen LogP contribution in [0.5, 0.6) is 5.75 Å². The summed E-state index contributed by atoms with van der Waals surface area (Å²) in [5, 5.41) is 0. The number of allylic oxidation sites excluding steroid dienone is 1. The van der Waals surface area contributed by atoms with E-state index in [1.54, 1.807) is 18.6 Å². The van der Waals surface area contributed by atoms with Gasteiger partial charge < -0.3 is 14.2 Å². The number of thiazole rings is 1. The van der Waals surface area contributed by atoms with Crippen LogP contribution in [0.25, 0.3) is 6.08 Å². The van der Waals surface area contributed by atoms with E-state index >= 15 is 0 Å². The lowest BCUT2D eigenvalue weighted by Crippen LogP contribution is -2.40. The molecule has 1 atom stereocenters. The third kappa shape index (κ3) is 5.44. The Kier molecular flexibility index (Phi) is 7.94. The molecule has 0 amide bonds. The van der Waals surface area contributed by atoms with Crippen molar-refractivity contribution in [3.63, 3.8) is 0 Å².